The van der Waals surface area contributed by atoms with Gasteiger partial charge in [-0.25, -0.2) is 0 Å². The van der Waals surface area contributed by atoms with Gasteiger partial charge in [0, 0.05) is 42.0 Å². The van der Waals surface area contributed by atoms with Crippen molar-refractivity contribution in [1.29, 1.82) is 0 Å². The summed E-state index contributed by atoms with van der Waals surface area (Å²) in [7, 11) is 0. The van der Waals surface area contributed by atoms with Crippen molar-refractivity contribution >= 4 is 41.8 Å². The van der Waals surface area contributed by atoms with Crippen LogP contribution < -0.4 is 11.1 Å². The van der Waals surface area contributed by atoms with Gasteiger partial charge in [-0.1, -0.05) is 0 Å². The molecule has 0 aromatic heterocycles. The van der Waals surface area contributed by atoms with Crippen LogP contribution >= 0.6 is 35.9 Å². The van der Waals surface area contributed by atoms with E-state index in [1.807, 2.05) is 23.5 Å². The molecule has 1 rings (SSSR count). The van der Waals surface area contributed by atoms with Gasteiger partial charge in [-0.3, -0.25) is 4.79 Å². The Morgan fingerprint density at radius 2 is 2.29 bits per heavy atom. The molecule has 0 bridgehead atoms. The van der Waals surface area contributed by atoms with Crippen LogP contribution in [0.25, 0.3) is 0 Å². The summed E-state index contributed by atoms with van der Waals surface area (Å²) < 4.78 is 0. The van der Waals surface area contributed by atoms with Gasteiger partial charge in [0.15, 0.2) is 0 Å². The van der Waals surface area contributed by atoms with Crippen LogP contribution in [-0.2, 0) is 4.79 Å². The number of nitrogens with one attached hydrogen (secondary N) is 1. The van der Waals surface area contributed by atoms with Crippen molar-refractivity contribution in [2.45, 2.75) is 11.7 Å². The lowest BCUT2D eigenvalue weighted by molar-refractivity contribution is -0.120. The molecule has 0 aliphatic carbocycles. The molecule has 14 heavy (non-hydrogen) atoms. The summed E-state index contributed by atoms with van der Waals surface area (Å²) in [5, 5.41) is 3.50. The maximum Gasteiger partial charge on any atom is 0.221 e. The highest BCUT2D eigenvalue weighted by molar-refractivity contribution is 8.06. The normalized spacial score (nSPS) is 21.1. The van der Waals surface area contributed by atoms with Crippen molar-refractivity contribution in [2.24, 2.45) is 5.73 Å². The van der Waals surface area contributed by atoms with Crippen LogP contribution in [0.4, 0.5) is 0 Å². The molecule has 0 spiro atoms. The maximum absolute atomic E-state index is 11.1. The number of nitrogens with two attached hydrogens (primary N) is 1. The topological polar surface area (TPSA) is 55.1 Å². The predicted octanol–water partition coefficient (Wildman–Crippen LogP) is 0.722. The van der Waals surface area contributed by atoms with Gasteiger partial charge >= 0.3 is 0 Å². The van der Waals surface area contributed by atoms with Gasteiger partial charge in [0.25, 0.3) is 0 Å². The van der Waals surface area contributed by atoms with E-state index in [1.165, 1.54) is 11.5 Å². The van der Waals surface area contributed by atoms with Gasteiger partial charge in [-0.2, -0.15) is 23.5 Å². The van der Waals surface area contributed by atoms with Crippen LogP contribution in [0.5, 0.6) is 0 Å². The number of halogens is 1. The fourth-order valence-electron chi connectivity index (χ4n) is 1.10. The monoisotopic (exact) mass is 256 g/mol. The first-order valence-corrected chi connectivity index (χ1v) is 6.69. The minimum absolute atomic E-state index is 0. The fourth-order valence-corrected chi connectivity index (χ4v) is 3.71. The highest BCUT2D eigenvalue weighted by Crippen LogP contribution is 2.23. The predicted molar refractivity (Wildman–Crippen MR) is 67.5 cm³/mol. The molecule has 0 radical (unpaired) electrons. The maximum atomic E-state index is 11.1. The summed E-state index contributed by atoms with van der Waals surface area (Å²) in [5.74, 6) is 3.70. The smallest absolute Gasteiger partial charge is 0.221 e. The molecule has 6 heteroatoms. The lowest BCUT2D eigenvalue weighted by Crippen LogP contribution is -2.34. The third-order valence-electron chi connectivity index (χ3n) is 1.78. The van der Waals surface area contributed by atoms with E-state index in [9.17, 15) is 4.79 Å². The molecule has 0 saturated carbocycles. The van der Waals surface area contributed by atoms with E-state index in [0.29, 0.717) is 18.2 Å². The van der Waals surface area contributed by atoms with E-state index in [-0.39, 0.29) is 18.3 Å². The first-order chi connectivity index (χ1) is 6.33. The Kier molecular flexibility index (Phi) is 8.97. The van der Waals surface area contributed by atoms with Crippen molar-refractivity contribution in [3.63, 3.8) is 0 Å². The van der Waals surface area contributed by atoms with Gasteiger partial charge in [0.1, 0.15) is 0 Å². The zero-order valence-electron chi connectivity index (χ0n) is 8.03. The second-order valence-electron chi connectivity index (χ2n) is 2.91. The van der Waals surface area contributed by atoms with Crippen molar-refractivity contribution < 1.29 is 4.79 Å². The molecule has 1 saturated heterocycles. The third kappa shape index (κ3) is 6.01. The second-order valence-corrected chi connectivity index (χ2v) is 5.47. The lowest BCUT2D eigenvalue weighted by atomic mass is 10.4. The number of hydrogen-bond donors (Lipinski definition) is 2. The molecule has 1 heterocycles. The van der Waals surface area contributed by atoms with Crippen molar-refractivity contribution in [2.75, 3.05) is 30.3 Å². The Hall–Kier alpha value is 0.420. The van der Waals surface area contributed by atoms with E-state index in [0.717, 1.165) is 12.3 Å². The van der Waals surface area contributed by atoms with Crippen LogP contribution in [-0.4, -0.2) is 41.5 Å². The molecule has 1 amide bonds. The fraction of sp³-hybridized carbons (Fsp3) is 0.875. The van der Waals surface area contributed by atoms with Gasteiger partial charge in [-0.05, 0) is 0 Å². The Balaban J connectivity index is 0.00000169. The van der Waals surface area contributed by atoms with E-state index >= 15 is 0 Å². The zero-order chi connectivity index (χ0) is 9.52. The highest BCUT2D eigenvalue weighted by atomic mass is 35.5. The standard InChI is InChI=1S/C8H16N2OS2.ClH/c9-2-1-8(11)10-5-7-6-12-3-4-13-7;/h7H,1-6,9H2,(H,10,11);1H. The van der Waals surface area contributed by atoms with E-state index in [4.69, 9.17) is 5.73 Å². The molecule has 1 atom stereocenters. The summed E-state index contributed by atoms with van der Waals surface area (Å²) in [6.07, 6.45) is 0.449. The molecule has 1 fully saturated rings. The summed E-state index contributed by atoms with van der Waals surface area (Å²) in [4.78, 5) is 11.1. The molecule has 84 valence electrons. The lowest BCUT2D eigenvalue weighted by Gasteiger charge is -2.20. The molecule has 3 nitrogen and oxygen atoms in total. The summed E-state index contributed by atoms with van der Waals surface area (Å²) in [6.45, 7) is 1.24. The van der Waals surface area contributed by atoms with Crippen molar-refractivity contribution in [3.8, 4) is 0 Å². The second kappa shape index (κ2) is 8.71. The first-order valence-electron chi connectivity index (χ1n) is 4.49. The quantitative estimate of drug-likeness (QED) is 0.779. The molecule has 0 aromatic rings. The number of hydrogen-bond acceptors (Lipinski definition) is 4. The van der Waals surface area contributed by atoms with Crippen molar-refractivity contribution in [3.05, 3.63) is 0 Å². The van der Waals surface area contributed by atoms with E-state index < -0.39 is 0 Å². The zero-order valence-corrected chi connectivity index (χ0v) is 10.5. The van der Waals surface area contributed by atoms with Crippen LogP contribution in [0.15, 0.2) is 0 Å². The molecule has 1 unspecified atom stereocenters. The first kappa shape index (κ1) is 14.4. The average Bonchev–Trinajstić information content (AvgIpc) is 2.17. The van der Waals surface area contributed by atoms with E-state index in [1.54, 1.807) is 0 Å². The van der Waals surface area contributed by atoms with Gasteiger partial charge in [0.05, 0.1) is 0 Å². The molecular weight excluding hydrogens is 240 g/mol. The van der Waals surface area contributed by atoms with E-state index in [2.05, 4.69) is 5.32 Å². The number of carbonyl (C=O) groups is 1. The molecule has 1 aliphatic rings. The van der Waals surface area contributed by atoms with Crippen molar-refractivity contribution in [1.82, 2.24) is 5.32 Å². The van der Waals surface area contributed by atoms with Gasteiger partial charge in [0.2, 0.25) is 5.91 Å². The summed E-state index contributed by atoms with van der Waals surface area (Å²) >= 11 is 3.93. The number of thioether (sulfide) groups is 2. The third-order valence-corrected chi connectivity index (χ3v) is 4.63. The largest absolute Gasteiger partial charge is 0.355 e. The molecular formula is C8H17ClN2OS2. The molecule has 3 N–H and O–H groups in total. The SMILES string of the molecule is Cl.NCCC(=O)NCC1CSCCS1. The van der Waals surface area contributed by atoms with Gasteiger partial charge < -0.3 is 11.1 Å². The average molecular weight is 257 g/mol. The summed E-state index contributed by atoms with van der Waals surface area (Å²) in [5.41, 5.74) is 5.27. The molecule has 1 aliphatic heterocycles. The molecule has 0 aromatic carbocycles. The Morgan fingerprint density at radius 3 is 2.86 bits per heavy atom. The Labute approximate surface area is 99.7 Å². The Morgan fingerprint density at radius 1 is 1.50 bits per heavy atom. The summed E-state index contributed by atoms with van der Waals surface area (Å²) in [6, 6.07) is 0. The van der Waals surface area contributed by atoms with Crippen LogP contribution in [0.3, 0.4) is 0 Å². The van der Waals surface area contributed by atoms with Crippen LogP contribution in [0.1, 0.15) is 6.42 Å². The number of carbonyl (C=O) groups excluding carboxylic acids is 1. The Bertz CT molecular complexity index is 165. The highest BCUT2D eigenvalue weighted by Gasteiger charge is 2.14. The van der Waals surface area contributed by atoms with Gasteiger partial charge in [-0.15, -0.1) is 12.4 Å². The minimum Gasteiger partial charge on any atom is -0.355 e. The van der Waals surface area contributed by atoms with Crippen LogP contribution in [0, 0.1) is 0 Å². The number of rotatable bonds is 4. The number of amides is 1. The minimum atomic E-state index is 0. The van der Waals surface area contributed by atoms with Crippen LogP contribution in [0.2, 0.25) is 0 Å².